The van der Waals surface area contributed by atoms with Gasteiger partial charge in [-0.2, -0.15) is 0 Å². The third-order valence-electron chi connectivity index (χ3n) is 2.92. The number of benzene rings is 2. The Morgan fingerprint density at radius 1 is 1.11 bits per heavy atom. The molecule has 1 heterocycles. The number of aliphatic imine (C=N–C) groups is 1. The smallest absolute Gasteiger partial charge is 0.166 e. The first-order chi connectivity index (χ1) is 9.35. The number of nitrogens with one attached hydrogen (secondary N) is 1. The first kappa shape index (κ1) is 12.1. The van der Waals surface area contributed by atoms with Crippen LogP contribution in [0.1, 0.15) is 5.56 Å². The van der Waals surface area contributed by atoms with Gasteiger partial charge in [0.05, 0.1) is 12.8 Å². The van der Waals surface area contributed by atoms with Crippen molar-refractivity contribution in [2.24, 2.45) is 4.99 Å². The second kappa shape index (κ2) is 5.36. The molecule has 19 heavy (non-hydrogen) atoms. The van der Waals surface area contributed by atoms with Gasteiger partial charge in [-0.05, 0) is 35.9 Å². The van der Waals surface area contributed by atoms with E-state index in [9.17, 15) is 0 Å². The van der Waals surface area contributed by atoms with E-state index in [1.165, 1.54) is 5.56 Å². The summed E-state index contributed by atoms with van der Waals surface area (Å²) in [6.07, 6.45) is 0. The monoisotopic (exact) mass is 270 g/mol. The van der Waals surface area contributed by atoms with E-state index in [-0.39, 0.29) is 0 Å². The zero-order chi connectivity index (χ0) is 13.1. The largest absolute Gasteiger partial charge is 0.497 e. The van der Waals surface area contributed by atoms with Crippen molar-refractivity contribution < 1.29 is 4.74 Å². The van der Waals surface area contributed by atoms with E-state index in [0.29, 0.717) is 0 Å². The summed E-state index contributed by atoms with van der Waals surface area (Å²) in [4.78, 5) is 4.62. The second-order valence-corrected chi connectivity index (χ2v) is 5.15. The van der Waals surface area contributed by atoms with Gasteiger partial charge < -0.3 is 10.1 Å². The Balaban J connectivity index is 1.79. The van der Waals surface area contributed by atoms with Gasteiger partial charge in [-0.3, -0.25) is 0 Å². The fourth-order valence-electron chi connectivity index (χ4n) is 1.89. The number of nitrogens with zero attached hydrogens (tertiary/aromatic N) is 1. The van der Waals surface area contributed by atoms with E-state index < -0.39 is 0 Å². The maximum Gasteiger partial charge on any atom is 0.166 e. The summed E-state index contributed by atoms with van der Waals surface area (Å²) < 4.78 is 5.14. The normalized spacial score (nSPS) is 13.4. The van der Waals surface area contributed by atoms with Gasteiger partial charge in [-0.15, -0.1) is 0 Å². The maximum atomic E-state index is 5.14. The number of ether oxygens (including phenoxy) is 1. The van der Waals surface area contributed by atoms with E-state index in [1.54, 1.807) is 18.9 Å². The summed E-state index contributed by atoms with van der Waals surface area (Å²) in [5.41, 5.74) is 3.36. The fourth-order valence-corrected chi connectivity index (χ4v) is 2.78. The van der Waals surface area contributed by atoms with Crippen LogP contribution in [-0.4, -0.2) is 12.3 Å². The van der Waals surface area contributed by atoms with Crippen molar-refractivity contribution in [3.8, 4) is 5.75 Å². The lowest BCUT2D eigenvalue weighted by Crippen LogP contribution is -2.10. The molecule has 0 spiro atoms. The lowest BCUT2D eigenvalue weighted by Gasteiger charge is -2.16. The van der Waals surface area contributed by atoms with Crippen LogP contribution in [0, 0.1) is 0 Å². The number of rotatable bonds is 2. The topological polar surface area (TPSA) is 33.6 Å². The Kier molecular flexibility index (Phi) is 3.42. The molecule has 0 aliphatic carbocycles. The second-order valence-electron chi connectivity index (χ2n) is 4.19. The van der Waals surface area contributed by atoms with Crippen LogP contribution in [0.2, 0.25) is 0 Å². The summed E-state index contributed by atoms with van der Waals surface area (Å²) >= 11 is 1.72. The highest BCUT2D eigenvalue weighted by molar-refractivity contribution is 8.13. The van der Waals surface area contributed by atoms with Crippen molar-refractivity contribution in [1.82, 2.24) is 0 Å². The van der Waals surface area contributed by atoms with Gasteiger partial charge in [0.1, 0.15) is 5.75 Å². The number of methoxy groups -OCH3 is 1. The van der Waals surface area contributed by atoms with E-state index >= 15 is 0 Å². The van der Waals surface area contributed by atoms with Crippen LogP contribution in [0.15, 0.2) is 53.5 Å². The number of thioether (sulfide) groups is 1. The molecule has 0 amide bonds. The Hall–Kier alpha value is -1.94. The molecule has 0 unspecified atom stereocenters. The van der Waals surface area contributed by atoms with Crippen molar-refractivity contribution in [2.45, 2.75) is 5.75 Å². The minimum atomic E-state index is 0.856. The van der Waals surface area contributed by atoms with Gasteiger partial charge in [0.2, 0.25) is 0 Å². The Morgan fingerprint density at radius 2 is 1.89 bits per heavy atom. The molecule has 0 bridgehead atoms. The number of hydrogen-bond donors (Lipinski definition) is 1. The number of amidine groups is 1. The zero-order valence-electron chi connectivity index (χ0n) is 10.6. The van der Waals surface area contributed by atoms with Gasteiger partial charge in [-0.25, -0.2) is 4.99 Å². The molecule has 2 aromatic rings. The van der Waals surface area contributed by atoms with Crippen molar-refractivity contribution >= 4 is 28.3 Å². The van der Waals surface area contributed by atoms with Gasteiger partial charge >= 0.3 is 0 Å². The third-order valence-corrected chi connectivity index (χ3v) is 3.84. The summed E-state index contributed by atoms with van der Waals surface area (Å²) in [7, 11) is 1.67. The summed E-state index contributed by atoms with van der Waals surface area (Å²) in [5, 5.41) is 4.26. The lowest BCUT2D eigenvalue weighted by atomic mass is 10.2. The molecule has 3 rings (SSSR count). The average Bonchev–Trinajstić information content (AvgIpc) is 2.48. The van der Waals surface area contributed by atoms with Crippen molar-refractivity contribution in [3.63, 3.8) is 0 Å². The van der Waals surface area contributed by atoms with Gasteiger partial charge in [0.25, 0.3) is 0 Å². The molecule has 96 valence electrons. The Labute approximate surface area is 116 Å². The van der Waals surface area contributed by atoms with Gasteiger partial charge in [-0.1, -0.05) is 30.0 Å². The molecule has 0 saturated heterocycles. The first-order valence-electron chi connectivity index (χ1n) is 6.05. The molecule has 0 radical (unpaired) electrons. The fraction of sp³-hybridized carbons (Fsp3) is 0.133. The van der Waals surface area contributed by atoms with E-state index in [0.717, 1.165) is 28.0 Å². The van der Waals surface area contributed by atoms with Gasteiger partial charge in [0.15, 0.2) is 5.17 Å². The highest BCUT2D eigenvalue weighted by atomic mass is 32.2. The van der Waals surface area contributed by atoms with Crippen LogP contribution < -0.4 is 10.1 Å². The van der Waals surface area contributed by atoms with E-state index in [2.05, 4.69) is 22.4 Å². The number of hydrogen-bond acceptors (Lipinski definition) is 4. The van der Waals surface area contributed by atoms with Crippen molar-refractivity contribution in [1.29, 1.82) is 0 Å². The lowest BCUT2D eigenvalue weighted by molar-refractivity contribution is 0.415. The predicted octanol–water partition coefficient (Wildman–Crippen LogP) is 4.04. The molecule has 3 nitrogen and oxygen atoms in total. The molecule has 1 aliphatic heterocycles. The Bertz CT molecular complexity index is 608. The zero-order valence-corrected chi connectivity index (χ0v) is 11.4. The highest BCUT2D eigenvalue weighted by Crippen LogP contribution is 2.31. The molecule has 0 fully saturated rings. The third kappa shape index (κ3) is 2.74. The summed E-state index contributed by atoms with van der Waals surface area (Å²) in [6.45, 7) is 0. The molecule has 1 aliphatic rings. The molecule has 2 aromatic carbocycles. The standard InChI is InChI=1S/C15H14N2OS/c1-18-13-8-6-12(7-9-13)16-15-17-14-5-3-2-4-11(14)10-19-15/h2-9H,10H2,1H3,(H,16,17). The van der Waals surface area contributed by atoms with Crippen LogP contribution in [0.5, 0.6) is 5.75 Å². The maximum absolute atomic E-state index is 5.14. The SMILES string of the molecule is COc1ccc(NC2=Nc3ccccc3CS2)cc1. The number of para-hydroxylation sites is 1. The first-order valence-corrected chi connectivity index (χ1v) is 7.04. The molecular weight excluding hydrogens is 256 g/mol. The summed E-state index contributed by atoms with van der Waals surface area (Å²) in [6, 6.07) is 16.1. The quantitative estimate of drug-likeness (QED) is 0.894. The number of fused-ring (bicyclic) bond motifs is 1. The van der Waals surface area contributed by atoms with E-state index in [1.807, 2.05) is 36.4 Å². The summed E-state index contributed by atoms with van der Waals surface area (Å²) in [5.74, 6) is 1.81. The van der Waals surface area contributed by atoms with Crippen LogP contribution >= 0.6 is 11.8 Å². The van der Waals surface area contributed by atoms with Crippen LogP contribution in [0.25, 0.3) is 0 Å². The van der Waals surface area contributed by atoms with Crippen molar-refractivity contribution in [2.75, 3.05) is 12.4 Å². The molecule has 4 heteroatoms. The van der Waals surface area contributed by atoms with Crippen LogP contribution in [0.3, 0.4) is 0 Å². The molecule has 0 saturated carbocycles. The molecule has 0 aromatic heterocycles. The van der Waals surface area contributed by atoms with Crippen LogP contribution in [-0.2, 0) is 5.75 Å². The average molecular weight is 270 g/mol. The van der Waals surface area contributed by atoms with Gasteiger partial charge in [0, 0.05) is 11.4 Å². The minimum absolute atomic E-state index is 0.856. The molecule has 1 N–H and O–H groups in total. The molecule has 0 atom stereocenters. The minimum Gasteiger partial charge on any atom is -0.497 e. The van der Waals surface area contributed by atoms with Crippen LogP contribution in [0.4, 0.5) is 11.4 Å². The number of anilines is 1. The van der Waals surface area contributed by atoms with Crippen molar-refractivity contribution in [3.05, 3.63) is 54.1 Å². The molecular formula is C15H14N2OS. The predicted molar refractivity (Wildman–Crippen MR) is 81.4 cm³/mol. The Morgan fingerprint density at radius 3 is 2.68 bits per heavy atom. The van der Waals surface area contributed by atoms with E-state index in [4.69, 9.17) is 4.74 Å². The highest BCUT2D eigenvalue weighted by Gasteiger charge is 2.11.